The molecule has 0 spiro atoms. The quantitative estimate of drug-likeness (QED) is 0.841. The highest BCUT2D eigenvalue weighted by Gasteiger charge is 2.25. The minimum atomic E-state index is -1.13. The van der Waals surface area contributed by atoms with Crippen molar-refractivity contribution in [1.29, 1.82) is 0 Å². The molecule has 1 aromatic carbocycles. The Bertz CT molecular complexity index is 458. The van der Waals surface area contributed by atoms with Crippen molar-refractivity contribution in [1.82, 2.24) is 5.32 Å². The van der Waals surface area contributed by atoms with Gasteiger partial charge in [-0.25, -0.2) is 0 Å². The minimum Gasteiger partial charge on any atom is -0.548 e. The zero-order chi connectivity index (χ0) is 14.4. The van der Waals surface area contributed by atoms with Gasteiger partial charge in [0.05, 0.1) is 5.97 Å². The van der Waals surface area contributed by atoms with Gasteiger partial charge in [0.1, 0.15) is 5.78 Å². The van der Waals surface area contributed by atoms with Gasteiger partial charge in [-0.2, -0.15) is 0 Å². The Labute approximate surface area is 119 Å². The third kappa shape index (κ3) is 4.17. The van der Waals surface area contributed by atoms with Crippen LogP contribution in [0.25, 0.3) is 0 Å². The molecule has 0 amide bonds. The summed E-state index contributed by atoms with van der Waals surface area (Å²) < 4.78 is 0. The van der Waals surface area contributed by atoms with Crippen molar-refractivity contribution in [2.75, 3.05) is 0 Å². The number of benzene rings is 1. The molecule has 0 saturated heterocycles. The molecule has 1 aromatic rings. The van der Waals surface area contributed by atoms with Gasteiger partial charge in [0.25, 0.3) is 0 Å². The summed E-state index contributed by atoms with van der Waals surface area (Å²) in [5.74, 6) is -1.06. The maximum absolute atomic E-state index is 11.8. The number of carbonyl (C=O) groups excluding carboxylic acids is 2. The van der Waals surface area contributed by atoms with E-state index in [2.05, 4.69) is 5.32 Å². The van der Waals surface area contributed by atoms with E-state index in [0.717, 1.165) is 24.8 Å². The molecule has 1 N–H and O–H groups in total. The molecule has 4 heteroatoms. The molecule has 0 heterocycles. The molecule has 2 rings (SSSR count). The fourth-order valence-electron chi connectivity index (χ4n) is 2.69. The van der Waals surface area contributed by atoms with Gasteiger partial charge in [-0.05, 0) is 24.8 Å². The second-order valence-corrected chi connectivity index (χ2v) is 5.38. The van der Waals surface area contributed by atoms with E-state index < -0.39 is 12.0 Å². The lowest BCUT2D eigenvalue weighted by Gasteiger charge is -2.27. The average Bonchev–Trinajstić information content (AvgIpc) is 2.46. The molecule has 1 aliphatic carbocycles. The summed E-state index contributed by atoms with van der Waals surface area (Å²) in [4.78, 5) is 23.0. The minimum absolute atomic E-state index is 0.130. The van der Waals surface area contributed by atoms with Gasteiger partial charge >= 0.3 is 0 Å². The topological polar surface area (TPSA) is 69.2 Å². The van der Waals surface area contributed by atoms with Crippen molar-refractivity contribution in [2.24, 2.45) is 5.92 Å². The van der Waals surface area contributed by atoms with Gasteiger partial charge in [-0.15, -0.1) is 0 Å². The van der Waals surface area contributed by atoms with Gasteiger partial charge in [0, 0.05) is 24.9 Å². The van der Waals surface area contributed by atoms with Crippen LogP contribution >= 0.6 is 0 Å². The normalized spacial score (nSPS) is 20.6. The maximum atomic E-state index is 11.8. The Morgan fingerprint density at radius 2 is 2.05 bits per heavy atom. The van der Waals surface area contributed by atoms with E-state index in [-0.39, 0.29) is 11.7 Å². The van der Waals surface area contributed by atoms with E-state index in [1.165, 1.54) is 0 Å². The number of carbonyl (C=O) groups is 2. The molecule has 2 atom stereocenters. The van der Waals surface area contributed by atoms with Crippen LogP contribution in [0.1, 0.15) is 37.7 Å². The summed E-state index contributed by atoms with van der Waals surface area (Å²) in [7, 11) is 0. The highest BCUT2D eigenvalue weighted by molar-refractivity contribution is 5.82. The van der Waals surface area contributed by atoms with Gasteiger partial charge in [-0.3, -0.25) is 4.79 Å². The first-order valence-corrected chi connectivity index (χ1v) is 7.17. The predicted octanol–water partition coefficient (Wildman–Crippen LogP) is 1.04. The van der Waals surface area contributed by atoms with Crippen LogP contribution in [0.2, 0.25) is 0 Å². The molecule has 108 valence electrons. The van der Waals surface area contributed by atoms with E-state index in [1.54, 1.807) is 0 Å². The summed E-state index contributed by atoms with van der Waals surface area (Å²) in [6, 6.07) is 8.85. The van der Waals surface area contributed by atoms with Crippen molar-refractivity contribution in [3.63, 3.8) is 0 Å². The number of Topliss-reactive ketones (excluding diaryl/α,β-unsaturated/α-hetero) is 1. The van der Waals surface area contributed by atoms with Crippen LogP contribution in [-0.4, -0.2) is 17.8 Å². The Morgan fingerprint density at radius 1 is 1.30 bits per heavy atom. The lowest BCUT2D eigenvalue weighted by atomic mass is 9.83. The van der Waals surface area contributed by atoms with Crippen LogP contribution in [0, 0.1) is 5.92 Å². The number of hydrogen-bond donors (Lipinski definition) is 1. The lowest BCUT2D eigenvalue weighted by Crippen LogP contribution is -2.47. The van der Waals surface area contributed by atoms with E-state index in [1.807, 2.05) is 30.3 Å². The van der Waals surface area contributed by atoms with Crippen LogP contribution in [0.15, 0.2) is 30.3 Å². The summed E-state index contributed by atoms with van der Waals surface area (Å²) in [6.45, 7) is 0.473. The second kappa shape index (κ2) is 7.20. The maximum Gasteiger partial charge on any atom is 0.136 e. The largest absolute Gasteiger partial charge is 0.548 e. The van der Waals surface area contributed by atoms with Gasteiger partial charge < -0.3 is 15.2 Å². The fourth-order valence-corrected chi connectivity index (χ4v) is 2.69. The molecule has 2 unspecified atom stereocenters. The Hall–Kier alpha value is -1.68. The highest BCUT2D eigenvalue weighted by Crippen LogP contribution is 2.24. The Morgan fingerprint density at radius 3 is 2.70 bits per heavy atom. The van der Waals surface area contributed by atoms with Gasteiger partial charge in [0.2, 0.25) is 0 Å². The third-order valence-electron chi connectivity index (χ3n) is 3.88. The Kier molecular flexibility index (Phi) is 5.30. The fraction of sp³-hybridized carbons (Fsp3) is 0.500. The first-order chi connectivity index (χ1) is 9.66. The monoisotopic (exact) mass is 274 g/mol. The molecular formula is C16H20NO3-. The number of aliphatic carboxylic acids is 1. The van der Waals surface area contributed by atoms with Crippen molar-refractivity contribution in [3.8, 4) is 0 Å². The lowest BCUT2D eigenvalue weighted by molar-refractivity contribution is -0.308. The molecular weight excluding hydrogens is 254 g/mol. The summed E-state index contributed by atoms with van der Waals surface area (Å²) in [5, 5.41) is 14.2. The van der Waals surface area contributed by atoms with Crippen molar-refractivity contribution in [2.45, 2.75) is 44.7 Å². The van der Waals surface area contributed by atoms with Crippen molar-refractivity contribution >= 4 is 11.8 Å². The molecule has 0 aliphatic heterocycles. The predicted molar refractivity (Wildman–Crippen MR) is 73.7 cm³/mol. The van der Waals surface area contributed by atoms with Gasteiger partial charge in [0.15, 0.2) is 0 Å². The first kappa shape index (κ1) is 14.7. The molecule has 1 fully saturated rings. The summed E-state index contributed by atoms with van der Waals surface area (Å²) in [5.41, 5.74) is 1.02. The standard InChI is InChI=1S/C16H21NO3/c18-15-9-5-4-8-13(15)10-14(16(19)20)17-11-12-6-2-1-3-7-12/h1-3,6-7,13-14,17H,4-5,8-11H2,(H,19,20)/p-1. The highest BCUT2D eigenvalue weighted by atomic mass is 16.4. The zero-order valence-electron chi connectivity index (χ0n) is 11.5. The molecule has 4 nitrogen and oxygen atoms in total. The van der Waals surface area contributed by atoms with E-state index in [9.17, 15) is 14.7 Å². The molecule has 0 radical (unpaired) electrons. The van der Waals surface area contributed by atoms with Crippen molar-refractivity contribution < 1.29 is 14.7 Å². The molecule has 1 saturated carbocycles. The molecule has 0 bridgehead atoms. The summed E-state index contributed by atoms with van der Waals surface area (Å²) in [6.07, 6.45) is 3.67. The number of rotatable bonds is 6. The van der Waals surface area contributed by atoms with Crippen LogP contribution in [0.4, 0.5) is 0 Å². The number of carboxylic acid groups (broad SMARTS) is 1. The SMILES string of the molecule is O=C1CCCCC1CC(NCc1ccccc1)C(=O)[O-]. The van der Waals surface area contributed by atoms with Crippen LogP contribution < -0.4 is 10.4 Å². The molecule has 20 heavy (non-hydrogen) atoms. The van der Waals surface area contributed by atoms with E-state index in [4.69, 9.17) is 0 Å². The average molecular weight is 274 g/mol. The van der Waals surface area contributed by atoms with Crippen molar-refractivity contribution in [3.05, 3.63) is 35.9 Å². The van der Waals surface area contributed by atoms with Crippen LogP contribution in [0.3, 0.4) is 0 Å². The number of hydrogen-bond acceptors (Lipinski definition) is 4. The number of carboxylic acids is 1. The smallest absolute Gasteiger partial charge is 0.136 e. The second-order valence-electron chi connectivity index (χ2n) is 5.38. The molecule has 0 aromatic heterocycles. The first-order valence-electron chi connectivity index (χ1n) is 7.17. The Balaban J connectivity index is 1.90. The number of ketones is 1. The van der Waals surface area contributed by atoms with Crippen LogP contribution in [-0.2, 0) is 16.1 Å². The zero-order valence-corrected chi connectivity index (χ0v) is 11.5. The van der Waals surface area contributed by atoms with E-state index in [0.29, 0.717) is 19.4 Å². The third-order valence-corrected chi connectivity index (χ3v) is 3.88. The van der Waals surface area contributed by atoms with Crippen LogP contribution in [0.5, 0.6) is 0 Å². The van der Waals surface area contributed by atoms with Gasteiger partial charge in [-0.1, -0.05) is 36.8 Å². The number of nitrogens with one attached hydrogen (secondary N) is 1. The van der Waals surface area contributed by atoms with E-state index >= 15 is 0 Å². The molecule has 1 aliphatic rings. The summed E-state index contributed by atoms with van der Waals surface area (Å²) >= 11 is 0.